The van der Waals surface area contributed by atoms with E-state index in [1.165, 1.54) is 11.3 Å². The number of allylic oxidation sites excluding steroid dienone is 2. The van der Waals surface area contributed by atoms with E-state index in [4.69, 9.17) is 5.41 Å². The van der Waals surface area contributed by atoms with Gasteiger partial charge in [0.25, 0.3) is 0 Å². The molecule has 0 aliphatic heterocycles. The van der Waals surface area contributed by atoms with Crippen LogP contribution in [0.5, 0.6) is 0 Å². The number of rotatable bonds is 1. The lowest BCUT2D eigenvalue weighted by atomic mass is 9.54. The SMILES string of the molecule is N#CC1C(=N)C(C#N)(C#N)[C@@H](c2cccs2)[C@@H]2CCCC=C12. The zero-order valence-electron chi connectivity index (χ0n) is 11.9. The van der Waals surface area contributed by atoms with Gasteiger partial charge in [-0.25, -0.2) is 0 Å². The molecule has 0 aromatic carbocycles. The lowest BCUT2D eigenvalue weighted by Gasteiger charge is -2.45. The van der Waals surface area contributed by atoms with Crippen molar-refractivity contribution in [1.82, 2.24) is 0 Å². The number of nitrogens with one attached hydrogen (secondary N) is 1. The lowest BCUT2D eigenvalue weighted by Crippen LogP contribution is -2.48. The molecule has 1 fully saturated rings. The van der Waals surface area contributed by atoms with E-state index in [-0.39, 0.29) is 17.5 Å². The van der Waals surface area contributed by atoms with Crippen LogP contribution < -0.4 is 0 Å². The Balaban J connectivity index is 2.25. The van der Waals surface area contributed by atoms with E-state index in [9.17, 15) is 15.8 Å². The quantitative estimate of drug-likeness (QED) is 0.800. The van der Waals surface area contributed by atoms with Crippen LogP contribution in [0.15, 0.2) is 29.2 Å². The van der Waals surface area contributed by atoms with Crippen LogP contribution in [0.3, 0.4) is 0 Å². The Kier molecular flexibility index (Phi) is 3.57. The highest BCUT2D eigenvalue weighted by molar-refractivity contribution is 7.10. The summed E-state index contributed by atoms with van der Waals surface area (Å²) in [7, 11) is 0. The maximum Gasteiger partial charge on any atom is 0.190 e. The van der Waals surface area contributed by atoms with Gasteiger partial charge in [0.05, 0.1) is 23.9 Å². The Morgan fingerprint density at radius 2 is 2.05 bits per heavy atom. The smallest absolute Gasteiger partial charge is 0.190 e. The molecule has 3 rings (SSSR count). The molecule has 22 heavy (non-hydrogen) atoms. The van der Waals surface area contributed by atoms with Gasteiger partial charge in [0.15, 0.2) is 5.41 Å². The highest BCUT2D eigenvalue weighted by Crippen LogP contribution is 2.55. The van der Waals surface area contributed by atoms with Crippen LogP contribution in [0.2, 0.25) is 0 Å². The summed E-state index contributed by atoms with van der Waals surface area (Å²) in [5, 5.41) is 39.3. The average Bonchev–Trinajstić information content (AvgIpc) is 3.08. The predicted octanol–water partition coefficient (Wildman–Crippen LogP) is 3.76. The second-order valence-corrected chi connectivity index (χ2v) is 6.72. The van der Waals surface area contributed by atoms with Crippen LogP contribution >= 0.6 is 11.3 Å². The van der Waals surface area contributed by atoms with Crippen LogP contribution in [0.25, 0.3) is 0 Å². The minimum atomic E-state index is -1.54. The summed E-state index contributed by atoms with van der Waals surface area (Å²) in [6, 6.07) is 10.2. The van der Waals surface area contributed by atoms with Gasteiger partial charge in [0, 0.05) is 10.8 Å². The fourth-order valence-corrected chi connectivity index (χ4v) is 4.74. The van der Waals surface area contributed by atoms with Crippen molar-refractivity contribution in [3.05, 3.63) is 34.0 Å². The average molecular weight is 306 g/mol. The third-order valence-electron chi connectivity index (χ3n) is 4.77. The molecule has 0 radical (unpaired) electrons. The van der Waals surface area contributed by atoms with E-state index in [0.29, 0.717) is 0 Å². The molecule has 5 heteroatoms. The van der Waals surface area contributed by atoms with Gasteiger partial charge in [-0.3, -0.25) is 0 Å². The van der Waals surface area contributed by atoms with Crippen LogP contribution in [0, 0.1) is 56.7 Å². The molecule has 108 valence electrons. The van der Waals surface area contributed by atoms with E-state index in [0.717, 1.165) is 29.7 Å². The maximum absolute atomic E-state index is 9.75. The van der Waals surface area contributed by atoms with Gasteiger partial charge in [0.2, 0.25) is 0 Å². The minimum absolute atomic E-state index is 0.00505. The molecule has 3 atom stereocenters. The summed E-state index contributed by atoms with van der Waals surface area (Å²) in [4.78, 5) is 0.960. The van der Waals surface area contributed by atoms with Crippen molar-refractivity contribution < 1.29 is 0 Å². The standard InChI is InChI=1S/C17H14N4S/c18-8-13-11-4-1-2-5-12(11)15(14-6-3-7-22-14)17(9-19,10-20)16(13)21/h3-4,6-7,12-13,15,21H,1-2,5H2/t12-,13?,15-/m1/s1. The number of thiophene rings is 1. The third kappa shape index (κ3) is 1.82. The molecule has 1 N–H and O–H groups in total. The summed E-state index contributed by atoms with van der Waals surface area (Å²) in [5.41, 5.74) is -0.647. The predicted molar refractivity (Wildman–Crippen MR) is 83.0 cm³/mol. The molecule has 1 aromatic heterocycles. The van der Waals surface area contributed by atoms with Crippen molar-refractivity contribution in [1.29, 1.82) is 21.2 Å². The van der Waals surface area contributed by atoms with Gasteiger partial charge < -0.3 is 5.41 Å². The van der Waals surface area contributed by atoms with Crippen LogP contribution in [-0.4, -0.2) is 5.71 Å². The molecular formula is C17H14N4S. The fraction of sp³-hybridized carbons (Fsp3) is 0.412. The third-order valence-corrected chi connectivity index (χ3v) is 5.73. The molecule has 0 bridgehead atoms. The summed E-state index contributed by atoms with van der Waals surface area (Å²) < 4.78 is 0. The first kappa shape index (κ1) is 14.5. The van der Waals surface area contributed by atoms with Gasteiger partial charge in [0.1, 0.15) is 5.92 Å². The van der Waals surface area contributed by atoms with Crippen molar-refractivity contribution in [2.24, 2.45) is 17.3 Å². The van der Waals surface area contributed by atoms with E-state index in [1.54, 1.807) is 0 Å². The minimum Gasteiger partial charge on any atom is -0.305 e. The number of hydrogen-bond donors (Lipinski definition) is 1. The first-order valence-electron chi connectivity index (χ1n) is 7.24. The number of fused-ring (bicyclic) bond motifs is 1. The molecule has 2 aliphatic carbocycles. The van der Waals surface area contributed by atoms with Crippen molar-refractivity contribution in [3.63, 3.8) is 0 Å². The summed E-state index contributed by atoms with van der Waals surface area (Å²) in [5.74, 6) is -1.07. The number of nitrogens with zero attached hydrogens (tertiary/aromatic N) is 3. The molecule has 0 saturated heterocycles. The Bertz CT molecular complexity index is 740. The van der Waals surface area contributed by atoms with Crippen molar-refractivity contribution in [2.45, 2.75) is 25.2 Å². The van der Waals surface area contributed by atoms with Crippen molar-refractivity contribution in [2.75, 3.05) is 0 Å². The van der Waals surface area contributed by atoms with Crippen LogP contribution in [0.4, 0.5) is 0 Å². The maximum atomic E-state index is 9.75. The Morgan fingerprint density at radius 3 is 2.64 bits per heavy atom. The van der Waals surface area contributed by atoms with Crippen molar-refractivity contribution in [3.8, 4) is 18.2 Å². The number of hydrogen-bond acceptors (Lipinski definition) is 5. The fourth-order valence-electron chi connectivity index (χ4n) is 3.78. The van der Waals surface area contributed by atoms with Gasteiger partial charge >= 0.3 is 0 Å². The molecule has 1 heterocycles. The zero-order chi connectivity index (χ0) is 15.7. The van der Waals surface area contributed by atoms with Gasteiger partial charge in [-0.05, 0) is 42.2 Å². The van der Waals surface area contributed by atoms with Gasteiger partial charge in [-0.15, -0.1) is 11.3 Å². The van der Waals surface area contributed by atoms with Crippen molar-refractivity contribution >= 4 is 17.0 Å². The first-order chi connectivity index (χ1) is 10.7. The van der Waals surface area contributed by atoms with Gasteiger partial charge in [-0.2, -0.15) is 15.8 Å². The molecule has 1 aromatic rings. The molecule has 0 spiro atoms. The van der Waals surface area contributed by atoms with E-state index in [1.807, 2.05) is 17.5 Å². The molecule has 4 nitrogen and oxygen atoms in total. The summed E-state index contributed by atoms with van der Waals surface area (Å²) in [6.07, 6.45) is 4.82. The second kappa shape index (κ2) is 5.41. The molecule has 2 aliphatic rings. The monoisotopic (exact) mass is 306 g/mol. The Morgan fingerprint density at radius 1 is 1.27 bits per heavy atom. The van der Waals surface area contributed by atoms with E-state index >= 15 is 0 Å². The normalized spacial score (nSPS) is 29.4. The molecule has 1 saturated carbocycles. The van der Waals surface area contributed by atoms with E-state index < -0.39 is 11.3 Å². The second-order valence-electron chi connectivity index (χ2n) is 5.74. The number of nitriles is 3. The summed E-state index contributed by atoms with van der Waals surface area (Å²) >= 11 is 1.52. The highest BCUT2D eigenvalue weighted by atomic mass is 32.1. The highest BCUT2D eigenvalue weighted by Gasteiger charge is 2.57. The van der Waals surface area contributed by atoms with Crippen LogP contribution in [-0.2, 0) is 0 Å². The first-order valence-corrected chi connectivity index (χ1v) is 8.12. The zero-order valence-corrected chi connectivity index (χ0v) is 12.7. The van der Waals surface area contributed by atoms with Gasteiger partial charge in [-0.1, -0.05) is 12.1 Å². The Labute approximate surface area is 133 Å². The topological polar surface area (TPSA) is 95.2 Å². The summed E-state index contributed by atoms with van der Waals surface area (Å²) in [6.45, 7) is 0. The lowest BCUT2D eigenvalue weighted by molar-refractivity contribution is 0.324. The Hall–Kier alpha value is -2.42. The molecular weight excluding hydrogens is 292 g/mol. The van der Waals surface area contributed by atoms with E-state index in [2.05, 4.69) is 24.3 Å². The van der Waals surface area contributed by atoms with Crippen LogP contribution in [0.1, 0.15) is 30.1 Å². The molecule has 0 amide bonds. The largest absolute Gasteiger partial charge is 0.305 e. The molecule has 1 unspecified atom stereocenters.